The third kappa shape index (κ3) is 4.62. The van der Waals surface area contributed by atoms with Gasteiger partial charge in [-0.05, 0) is 12.3 Å². The molecule has 0 spiro atoms. The van der Waals surface area contributed by atoms with Gasteiger partial charge in [-0.3, -0.25) is 4.90 Å². The van der Waals surface area contributed by atoms with Gasteiger partial charge >= 0.3 is 0 Å². The van der Waals surface area contributed by atoms with Crippen LogP contribution < -0.4 is 0 Å². The fourth-order valence-electron chi connectivity index (χ4n) is 1.78. The Bertz CT molecular complexity index is 365. The van der Waals surface area contributed by atoms with E-state index in [9.17, 15) is 8.42 Å². The molecule has 0 radical (unpaired) electrons. The molecule has 0 amide bonds. The Morgan fingerprint density at radius 1 is 1.24 bits per heavy atom. The number of piperazine rings is 1. The molecule has 0 aromatic carbocycles. The minimum atomic E-state index is -3.09. The highest BCUT2D eigenvalue weighted by molar-refractivity contribution is 7.89. The van der Waals surface area contributed by atoms with Crippen LogP contribution in [-0.4, -0.2) is 56.1 Å². The maximum atomic E-state index is 12.0. The third-order valence-electron chi connectivity index (χ3n) is 2.97. The van der Waals surface area contributed by atoms with Crippen LogP contribution in [-0.2, 0) is 10.0 Å². The van der Waals surface area contributed by atoms with Crippen molar-refractivity contribution in [1.29, 1.82) is 5.26 Å². The van der Waals surface area contributed by atoms with E-state index in [1.165, 1.54) is 0 Å². The minimum absolute atomic E-state index is 0.239. The summed E-state index contributed by atoms with van der Waals surface area (Å²) in [5, 5.41) is 8.57. The van der Waals surface area contributed by atoms with E-state index in [0.717, 1.165) is 0 Å². The van der Waals surface area contributed by atoms with Gasteiger partial charge in [-0.25, -0.2) is 8.42 Å². The Labute approximate surface area is 104 Å². The first-order valence-corrected chi connectivity index (χ1v) is 7.63. The van der Waals surface area contributed by atoms with Crippen LogP contribution in [0.1, 0.15) is 20.3 Å². The predicted molar refractivity (Wildman–Crippen MR) is 66.9 cm³/mol. The highest BCUT2D eigenvalue weighted by atomic mass is 32.2. The van der Waals surface area contributed by atoms with Crippen molar-refractivity contribution in [3.63, 3.8) is 0 Å². The lowest BCUT2D eigenvalue weighted by molar-refractivity contribution is 0.206. The fourth-order valence-corrected chi connectivity index (χ4v) is 3.53. The molecule has 0 aliphatic carbocycles. The summed E-state index contributed by atoms with van der Waals surface area (Å²) < 4.78 is 25.6. The highest BCUT2D eigenvalue weighted by Gasteiger charge is 2.26. The topological polar surface area (TPSA) is 64.4 Å². The zero-order chi connectivity index (χ0) is 12.9. The molecule has 1 aliphatic rings. The van der Waals surface area contributed by atoms with Crippen molar-refractivity contribution in [3.8, 4) is 6.07 Å². The van der Waals surface area contributed by atoms with Crippen molar-refractivity contribution in [2.75, 3.05) is 38.5 Å². The zero-order valence-electron chi connectivity index (χ0n) is 10.6. The van der Waals surface area contributed by atoms with E-state index in [1.54, 1.807) is 4.31 Å². The maximum absolute atomic E-state index is 12.0. The molecular weight excluding hydrogens is 238 g/mol. The lowest BCUT2D eigenvalue weighted by Crippen LogP contribution is -2.49. The van der Waals surface area contributed by atoms with Gasteiger partial charge in [0.25, 0.3) is 0 Å². The molecule has 1 saturated heterocycles. The molecule has 0 aromatic heterocycles. The van der Waals surface area contributed by atoms with Crippen LogP contribution in [0, 0.1) is 17.2 Å². The van der Waals surface area contributed by atoms with Gasteiger partial charge in [-0.15, -0.1) is 0 Å². The average molecular weight is 259 g/mol. The van der Waals surface area contributed by atoms with Gasteiger partial charge in [0.15, 0.2) is 0 Å². The van der Waals surface area contributed by atoms with Crippen LogP contribution in [0.25, 0.3) is 0 Å². The second-order valence-corrected chi connectivity index (χ2v) is 6.92. The molecule has 0 bridgehead atoms. The van der Waals surface area contributed by atoms with Crippen molar-refractivity contribution in [1.82, 2.24) is 9.21 Å². The Kier molecular flexibility index (Phi) is 5.37. The van der Waals surface area contributed by atoms with Gasteiger partial charge in [-0.2, -0.15) is 9.57 Å². The first-order chi connectivity index (χ1) is 7.95. The number of hydrogen-bond acceptors (Lipinski definition) is 4. The quantitative estimate of drug-likeness (QED) is 0.675. The Hall–Kier alpha value is -0.640. The van der Waals surface area contributed by atoms with Crippen molar-refractivity contribution >= 4 is 10.0 Å². The summed E-state index contributed by atoms with van der Waals surface area (Å²) in [6.45, 7) is 6.80. The van der Waals surface area contributed by atoms with Gasteiger partial charge in [0, 0.05) is 26.2 Å². The monoisotopic (exact) mass is 259 g/mol. The first-order valence-electron chi connectivity index (χ1n) is 6.03. The molecule has 0 N–H and O–H groups in total. The van der Waals surface area contributed by atoms with Gasteiger partial charge in [0.2, 0.25) is 10.0 Å². The molecule has 6 heteroatoms. The summed E-state index contributed by atoms with van der Waals surface area (Å²) in [6, 6.07) is 2.09. The van der Waals surface area contributed by atoms with Crippen LogP contribution in [0.4, 0.5) is 0 Å². The molecule has 1 fully saturated rings. The number of rotatable bonds is 5. The van der Waals surface area contributed by atoms with E-state index in [0.29, 0.717) is 45.1 Å². The van der Waals surface area contributed by atoms with E-state index in [4.69, 9.17) is 5.26 Å². The van der Waals surface area contributed by atoms with E-state index in [-0.39, 0.29) is 5.75 Å². The lowest BCUT2D eigenvalue weighted by Gasteiger charge is -2.32. The largest absolute Gasteiger partial charge is 0.288 e. The summed E-state index contributed by atoms with van der Waals surface area (Å²) in [6.07, 6.45) is 0.709. The molecule has 1 aliphatic heterocycles. The van der Waals surface area contributed by atoms with E-state index < -0.39 is 10.0 Å². The molecule has 0 aromatic rings. The van der Waals surface area contributed by atoms with Crippen LogP contribution in [0.3, 0.4) is 0 Å². The Balaban J connectivity index is 2.45. The van der Waals surface area contributed by atoms with E-state index in [2.05, 4.69) is 6.07 Å². The number of sulfonamides is 1. The molecule has 17 heavy (non-hydrogen) atoms. The predicted octanol–water partition coefficient (Wildman–Crippen LogP) is 0.503. The zero-order valence-corrected chi connectivity index (χ0v) is 11.4. The van der Waals surface area contributed by atoms with Crippen LogP contribution >= 0.6 is 0 Å². The van der Waals surface area contributed by atoms with Crippen LogP contribution in [0.5, 0.6) is 0 Å². The van der Waals surface area contributed by atoms with E-state index in [1.807, 2.05) is 18.7 Å². The highest BCUT2D eigenvalue weighted by Crippen LogP contribution is 2.11. The number of nitrogens with zero attached hydrogens (tertiary/aromatic N) is 3. The number of nitriles is 1. The first kappa shape index (κ1) is 14.4. The standard InChI is InChI=1S/C11H21N3O2S/c1-11(2)3-10-17(15,16)14-8-6-13(5-4-12)7-9-14/h11H,3,5-10H2,1-2H3. The summed E-state index contributed by atoms with van der Waals surface area (Å²) >= 11 is 0. The minimum Gasteiger partial charge on any atom is -0.288 e. The summed E-state index contributed by atoms with van der Waals surface area (Å²) in [4.78, 5) is 1.98. The SMILES string of the molecule is CC(C)CCS(=O)(=O)N1CCN(CC#N)CC1. The van der Waals surface area contributed by atoms with Gasteiger partial charge in [0.1, 0.15) is 0 Å². The average Bonchev–Trinajstić information content (AvgIpc) is 2.28. The second-order valence-electron chi connectivity index (χ2n) is 4.83. The summed E-state index contributed by atoms with van der Waals surface area (Å²) in [5.74, 6) is 0.646. The smallest absolute Gasteiger partial charge is 0.214 e. The Morgan fingerprint density at radius 3 is 2.29 bits per heavy atom. The molecular formula is C11H21N3O2S. The molecule has 1 heterocycles. The fraction of sp³-hybridized carbons (Fsp3) is 0.909. The van der Waals surface area contributed by atoms with Gasteiger partial charge < -0.3 is 0 Å². The summed E-state index contributed by atoms with van der Waals surface area (Å²) in [7, 11) is -3.09. The van der Waals surface area contributed by atoms with Gasteiger partial charge in [-0.1, -0.05) is 13.8 Å². The molecule has 5 nitrogen and oxygen atoms in total. The second kappa shape index (κ2) is 6.34. The molecule has 0 unspecified atom stereocenters. The molecule has 98 valence electrons. The lowest BCUT2D eigenvalue weighted by atomic mass is 10.2. The molecule has 0 saturated carbocycles. The number of hydrogen-bond donors (Lipinski definition) is 0. The van der Waals surface area contributed by atoms with Gasteiger partial charge in [0.05, 0.1) is 18.4 Å². The Morgan fingerprint density at radius 2 is 1.82 bits per heavy atom. The third-order valence-corrected chi connectivity index (χ3v) is 4.88. The maximum Gasteiger partial charge on any atom is 0.214 e. The summed E-state index contributed by atoms with van der Waals surface area (Å²) in [5.41, 5.74) is 0. The van der Waals surface area contributed by atoms with Crippen molar-refractivity contribution in [2.45, 2.75) is 20.3 Å². The molecule has 0 atom stereocenters. The van der Waals surface area contributed by atoms with Crippen molar-refractivity contribution < 1.29 is 8.42 Å². The normalized spacial score (nSPS) is 19.4. The molecule has 1 rings (SSSR count). The van der Waals surface area contributed by atoms with E-state index >= 15 is 0 Å². The van der Waals surface area contributed by atoms with Crippen LogP contribution in [0.2, 0.25) is 0 Å². The van der Waals surface area contributed by atoms with Crippen LogP contribution in [0.15, 0.2) is 0 Å². The van der Waals surface area contributed by atoms with Crippen molar-refractivity contribution in [3.05, 3.63) is 0 Å². The van der Waals surface area contributed by atoms with Crippen molar-refractivity contribution in [2.24, 2.45) is 5.92 Å².